The SMILES string of the molecule is O=[C]C1CCC(O)CC1. The first-order chi connectivity index (χ1) is 4.33. The van der Waals surface area contributed by atoms with E-state index in [2.05, 4.69) is 0 Å². The standard InChI is InChI=1S/C7H11O2/c8-5-6-1-3-7(9)4-2-6/h6-7,9H,1-4H2. The molecule has 51 valence electrons. The fourth-order valence-corrected chi connectivity index (χ4v) is 1.19. The van der Waals surface area contributed by atoms with Crippen molar-refractivity contribution in [2.75, 3.05) is 0 Å². The van der Waals surface area contributed by atoms with E-state index in [1.807, 2.05) is 6.29 Å². The molecule has 0 aliphatic heterocycles. The molecule has 1 fully saturated rings. The molecule has 0 aromatic rings. The van der Waals surface area contributed by atoms with Gasteiger partial charge in [0.2, 0.25) is 6.29 Å². The van der Waals surface area contributed by atoms with Crippen molar-refractivity contribution >= 4 is 6.29 Å². The molecule has 9 heavy (non-hydrogen) atoms. The van der Waals surface area contributed by atoms with E-state index in [1.165, 1.54) is 0 Å². The lowest BCUT2D eigenvalue weighted by Gasteiger charge is -2.19. The monoisotopic (exact) mass is 127 g/mol. The van der Waals surface area contributed by atoms with E-state index in [0.717, 1.165) is 25.7 Å². The van der Waals surface area contributed by atoms with Crippen LogP contribution in [0.5, 0.6) is 0 Å². The van der Waals surface area contributed by atoms with Crippen LogP contribution in [0.4, 0.5) is 0 Å². The summed E-state index contributed by atoms with van der Waals surface area (Å²) >= 11 is 0. The van der Waals surface area contributed by atoms with Gasteiger partial charge in [0.05, 0.1) is 6.10 Å². The molecular weight excluding hydrogens is 116 g/mol. The Morgan fingerprint density at radius 1 is 1.22 bits per heavy atom. The highest BCUT2D eigenvalue weighted by Gasteiger charge is 2.18. The van der Waals surface area contributed by atoms with E-state index in [1.54, 1.807) is 0 Å². The molecule has 0 amide bonds. The van der Waals surface area contributed by atoms with Gasteiger partial charge in [0.1, 0.15) is 0 Å². The number of carbonyl (C=O) groups excluding carboxylic acids is 1. The topological polar surface area (TPSA) is 37.3 Å². The third-order valence-electron chi connectivity index (χ3n) is 1.86. The second-order valence-electron chi connectivity index (χ2n) is 2.62. The van der Waals surface area contributed by atoms with Crippen molar-refractivity contribution in [3.63, 3.8) is 0 Å². The molecule has 1 radical (unpaired) electrons. The van der Waals surface area contributed by atoms with Gasteiger partial charge in [-0.1, -0.05) is 0 Å². The van der Waals surface area contributed by atoms with Gasteiger partial charge < -0.3 is 5.11 Å². The van der Waals surface area contributed by atoms with Gasteiger partial charge in [-0.05, 0) is 25.7 Å². The molecule has 1 saturated carbocycles. The first-order valence-electron chi connectivity index (χ1n) is 3.38. The molecule has 0 heterocycles. The van der Waals surface area contributed by atoms with Crippen molar-refractivity contribution in [2.45, 2.75) is 31.8 Å². The maximum atomic E-state index is 10.1. The number of hydrogen-bond acceptors (Lipinski definition) is 2. The molecular formula is C7H11O2. The predicted molar refractivity (Wildman–Crippen MR) is 33.7 cm³/mol. The van der Waals surface area contributed by atoms with Crippen LogP contribution in [0.2, 0.25) is 0 Å². The Balaban J connectivity index is 2.26. The van der Waals surface area contributed by atoms with E-state index in [4.69, 9.17) is 5.11 Å². The zero-order chi connectivity index (χ0) is 6.69. The molecule has 0 aromatic heterocycles. The first kappa shape index (κ1) is 6.75. The molecule has 1 aliphatic carbocycles. The van der Waals surface area contributed by atoms with Gasteiger partial charge in [-0.2, -0.15) is 0 Å². The first-order valence-corrected chi connectivity index (χ1v) is 3.38. The summed E-state index contributed by atoms with van der Waals surface area (Å²) in [7, 11) is 0. The second-order valence-corrected chi connectivity index (χ2v) is 2.62. The van der Waals surface area contributed by atoms with Crippen LogP contribution in [-0.2, 0) is 4.79 Å². The van der Waals surface area contributed by atoms with E-state index < -0.39 is 0 Å². The average Bonchev–Trinajstić information content (AvgIpc) is 1.90. The Morgan fingerprint density at radius 2 is 1.78 bits per heavy atom. The summed E-state index contributed by atoms with van der Waals surface area (Å²) in [4.78, 5) is 10.1. The molecule has 0 bridgehead atoms. The molecule has 1 N–H and O–H groups in total. The predicted octanol–water partition coefficient (Wildman–Crippen LogP) is 0.647. The lowest BCUT2D eigenvalue weighted by molar-refractivity contribution is 0.120. The maximum Gasteiger partial charge on any atom is 0.201 e. The highest BCUT2D eigenvalue weighted by atomic mass is 16.3. The molecule has 2 nitrogen and oxygen atoms in total. The van der Waals surface area contributed by atoms with Gasteiger partial charge >= 0.3 is 0 Å². The zero-order valence-corrected chi connectivity index (χ0v) is 5.34. The quantitative estimate of drug-likeness (QED) is 0.561. The van der Waals surface area contributed by atoms with Gasteiger partial charge in [-0.15, -0.1) is 0 Å². The minimum atomic E-state index is -0.158. The fraction of sp³-hybridized carbons (Fsp3) is 0.857. The van der Waals surface area contributed by atoms with E-state index in [9.17, 15) is 4.79 Å². The van der Waals surface area contributed by atoms with Gasteiger partial charge in [0.15, 0.2) is 0 Å². The highest BCUT2D eigenvalue weighted by Crippen LogP contribution is 2.21. The van der Waals surface area contributed by atoms with Crippen LogP contribution in [0.15, 0.2) is 0 Å². The summed E-state index contributed by atoms with van der Waals surface area (Å²) in [6.45, 7) is 0. The largest absolute Gasteiger partial charge is 0.393 e. The number of hydrogen-bond donors (Lipinski definition) is 1. The van der Waals surface area contributed by atoms with Crippen LogP contribution in [0.3, 0.4) is 0 Å². The van der Waals surface area contributed by atoms with Crippen LogP contribution >= 0.6 is 0 Å². The Labute approximate surface area is 54.9 Å². The second kappa shape index (κ2) is 2.97. The van der Waals surface area contributed by atoms with E-state index in [0.29, 0.717) is 0 Å². The number of aliphatic hydroxyl groups is 1. The lowest BCUT2D eigenvalue weighted by Crippen LogP contribution is -2.18. The fourth-order valence-electron chi connectivity index (χ4n) is 1.19. The molecule has 1 rings (SSSR count). The number of rotatable bonds is 1. The smallest absolute Gasteiger partial charge is 0.201 e. The maximum absolute atomic E-state index is 10.1. The van der Waals surface area contributed by atoms with Crippen LogP contribution in [-0.4, -0.2) is 17.5 Å². The van der Waals surface area contributed by atoms with Gasteiger partial charge in [0, 0.05) is 5.92 Å². The van der Waals surface area contributed by atoms with Gasteiger partial charge in [-0.3, -0.25) is 4.79 Å². The normalized spacial score (nSPS) is 36.1. The zero-order valence-electron chi connectivity index (χ0n) is 5.34. The van der Waals surface area contributed by atoms with Crippen molar-refractivity contribution in [2.24, 2.45) is 5.92 Å². The molecule has 0 atom stereocenters. The van der Waals surface area contributed by atoms with E-state index >= 15 is 0 Å². The van der Waals surface area contributed by atoms with Crippen molar-refractivity contribution < 1.29 is 9.90 Å². The van der Waals surface area contributed by atoms with Crippen molar-refractivity contribution in [3.8, 4) is 0 Å². The molecule has 0 saturated heterocycles. The summed E-state index contributed by atoms with van der Waals surface area (Å²) in [6.07, 6.45) is 5.01. The minimum Gasteiger partial charge on any atom is -0.393 e. The molecule has 2 heteroatoms. The summed E-state index contributed by atoms with van der Waals surface area (Å²) in [6, 6.07) is 0. The molecule has 0 aromatic carbocycles. The molecule has 0 unspecified atom stereocenters. The molecule has 1 aliphatic rings. The number of aliphatic hydroxyl groups excluding tert-OH is 1. The van der Waals surface area contributed by atoms with Crippen LogP contribution in [0, 0.1) is 5.92 Å². The van der Waals surface area contributed by atoms with E-state index in [-0.39, 0.29) is 12.0 Å². The third-order valence-corrected chi connectivity index (χ3v) is 1.86. The van der Waals surface area contributed by atoms with Crippen LogP contribution < -0.4 is 0 Å². The summed E-state index contributed by atoms with van der Waals surface area (Å²) in [5, 5.41) is 8.99. The van der Waals surface area contributed by atoms with Crippen LogP contribution in [0.25, 0.3) is 0 Å². The Hall–Kier alpha value is -0.370. The highest BCUT2D eigenvalue weighted by molar-refractivity contribution is 5.54. The Morgan fingerprint density at radius 3 is 2.22 bits per heavy atom. The Kier molecular flexibility index (Phi) is 2.22. The van der Waals surface area contributed by atoms with Gasteiger partial charge in [-0.25, -0.2) is 0 Å². The lowest BCUT2D eigenvalue weighted by atomic mass is 9.89. The van der Waals surface area contributed by atoms with Crippen molar-refractivity contribution in [1.82, 2.24) is 0 Å². The van der Waals surface area contributed by atoms with Gasteiger partial charge in [0.25, 0.3) is 0 Å². The van der Waals surface area contributed by atoms with Crippen molar-refractivity contribution in [3.05, 3.63) is 0 Å². The summed E-state index contributed by atoms with van der Waals surface area (Å²) in [5.41, 5.74) is 0. The minimum absolute atomic E-state index is 0.105. The summed E-state index contributed by atoms with van der Waals surface area (Å²) < 4.78 is 0. The summed E-state index contributed by atoms with van der Waals surface area (Å²) in [5.74, 6) is 0.105. The Bertz CT molecular complexity index is 93.1. The average molecular weight is 127 g/mol. The van der Waals surface area contributed by atoms with Crippen molar-refractivity contribution in [1.29, 1.82) is 0 Å². The third kappa shape index (κ3) is 1.79. The molecule has 0 spiro atoms. The van der Waals surface area contributed by atoms with Crippen LogP contribution in [0.1, 0.15) is 25.7 Å².